The second-order valence-corrected chi connectivity index (χ2v) is 8.03. The first kappa shape index (κ1) is 23.7. The van der Waals surface area contributed by atoms with Crippen LogP contribution in [0.4, 0.5) is 29.7 Å². The minimum atomic E-state index is -1.20. The lowest BCUT2D eigenvalue weighted by Crippen LogP contribution is -2.60. The molecule has 0 radical (unpaired) electrons. The predicted molar refractivity (Wildman–Crippen MR) is 120 cm³/mol. The number of ether oxygens (including phenoxy) is 3. The van der Waals surface area contributed by atoms with Crippen LogP contribution in [0, 0.1) is 11.6 Å². The number of halogens is 2. The van der Waals surface area contributed by atoms with E-state index in [1.165, 1.54) is 11.0 Å². The van der Waals surface area contributed by atoms with Crippen LogP contribution in [0.1, 0.15) is 6.42 Å². The Bertz CT molecular complexity index is 1060. The number of hydrogen-bond acceptors (Lipinski definition) is 5. The second kappa shape index (κ2) is 10.2. The van der Waals surface area contributed by atoms with Crippen molar-refractivity contribution >= 4 is 23.4 Å². The maximum absolute atomic E-state index is 13.5. The maximum atomic E-state index is 13.5. The third-order valence-electron chi connectivity index (χ3n) is 5.59. The Labute approximate surface area is 195 Å². The van der Waals surface area contributed by atoms with Gasteiger partial charge in [-0.3, -0.25) is 0 Å². The van der Waals surface area contributed by atoms with E-state index in [4.69, 9.17) is 14.2 Å². The van der Waals surface area contributed by atoms with E-state index >= 15 is 0 Å². The van der Waals surface area contributed by atoms with Crippen LogP contribution in [0.5, 0.6) is 5.75 Å². The highest BCUT2D eigenvalue weighted by Crippen LogP contribution is 2.26. The molecule has 4 amide bonds. The number of hydrogen-bond donors (Lipinski definition) is 2. The summed E-state index contributed by atoms with van der Waals surface area (Å²) >= 11 is 0. The van der Waals surface area contributed by atoms with Gasteiger partial charge in [0.25, 0.3) is 0 Å². The SMILES string of the molecule is COc1cccc(NC(=O)N2CCOC3(CN(C(=O)Nc4ccc(F)c(F)c4)CCCO3)C2)c1. The van der Waals surface area contributed by atoms with Gasteiger partial charge >= 0.3 is 12.1 Å². The number of carbonyl (C=O) groups excluding carboxylic acids is 2. The fraction of sp³-hybridized carbons (Fsp3) is 0.391. The molecule has 182 valence electrons. The average molecular weight is 476 g/mol. The molecular weight excluding hydrogens is 450 g/mol. The normalized spacial score (nSPS) is 20.6. The van der Waals surface area contributed by atoms with E-state index in [0.717, 1.165) is 12.1 Å². The lowest BCUT2D eigenvalue weighted by Gasteiger charge is -2.42. The molecule has 0 saturated carbocycles. The van der Waals surface area contributed by atoms with Crippen molar-refractivity contribution < 1.29 is 32.6 Å². The van der Waals surface area contributed by atoms with E-state index in [1.54, 1.807) is 36.3 Å². The Morgan fingerprint density at radius 3 is 2.29 bits per heavy atom. The van der Waals surface area contributed by atoms with Gasteiger partial charge in [0.2, 0.25) is 5.79 Å². The zero-order chi connectivity index (χ0) is 24.1. The molecule has 2 aromatic rings. The molecule has 1 atom stereocenters. The number of rotatable bonds is 3. The number of nitrogens with one attached hydrogen (secondary N) is 2. The highest BCUT2D eigenvalue weighted by Gasteiger charge is 2.43. The summed E-state index contributed by atoms with van der Waals surface area (Å²) in [5.41, 5.74) is 0.714. The predicted octanol–water partition coefficient (Wildman–Crippen LogP) is 3.49. The van der Waals surface area contributed by atoms with Gasteiger partial charge in [0.1, 0.15) is 5.75 Å². The van der Waals surface area contributed by atoms with E-state index in [-0.39, 0.29) is 31.4 Å². The average Bonchev–Trinajstić information content (AvgIpc) is 3.04. The van der Waals surface area contributed by atoms with Gasteiger partial charge in [0.05, 0.1) is 33.4 Å². The summed E-state index contributed by atoms with van der Waals surface area (Å²) < 4.78 is 43.8. The molecule has 0 aromatic heterocycles. The highest BCUT2D eigenvalue weighted by molar-refractivity contribution is 5.90. The van der Waals surface area contributed by atoms with Gasteiger partial charge in [0.15, 0.2) is 11.6 Å². The molecule has 2 heterocycles. The van der Waals surface area contributed by atoms with E-state index in [2.05, 4.69) is 10.6 Å². The molecule has 0 bridgehead atoms. The Morgan fingerprint density at radius 1 is 0.912 bits per heavy atom. The second-order valence-electron chi connectivity index (χ2n) is 8.03. The molecule has 11 heteroatoms. The molecule has 34 heavy (non-hydrogen) atoms. The van der Waals surface area contributed by atoms with Gasteiger partial charge in [-0.1, -0.05) is 6.07 Å². The smallest absolute Gasteiger partial charge is 0.322 e. The van der Waals surface area contributed by atoms with Crippen LogP contribution in [0.25, 0.3) is 0 Å². The minimum Gasteiger partial charge on any atom is -0.497 e. The van der Waals surface area contributed by atoms with Gasteiger partial charge in [0, 0.05) is 36.6 Å². The van der Waals surface area contributed by atoms with Crippen LogP contribution in [-0.2, 0) is 9.47 Å². The van der Waals surface area contributed by atoms with Crippen molar-refractivity contribution in [3.8, 4) is 5.75 Å². The quantitative estimate of drug-likeness (QED) is 0.708. The Kier molecular flexibility index (Phi) is 7.13. The van der Waals surface area contributed by atoms with Crippen molar-refractivity contribution in [1.29, 1.82) is 0 Å². The lowest BCUT2D eigenvalue weighted by atomic mass is 10.2. The van der Waals surface area contributed by atoms with E-state index < -0.39 is 23.5 Å². The Balaban J connectivity index is 1.42. The Morgan fingerprint density at radius 2 is 1.59 bits per heavy atom. The van der Waals surface area contributed by atoms with Crippen molar-refractivity contribution in [1.82, 2.24) is 9.80 Å². The summed E-state index contributed by atoms with van der Waals surface area (Å²) in [7, 11) is 1.55. The highest BCUT2D eigenvalue weighted by atomic mass is 19.2. The van der Waals surface area contributed by atoms with Crippen molar-refractivity contribution in [2.75, 3.05) is 57.1 Å². The Hall–Kier alpha value is -3.44. The van der Waals surface area contributed by atoms with Crippen molar-refractivity contribution in [3.63, 3.8) is 0 Å². The van der Waals surface area contributed by atoms with E-state index in [1.807, 2.05) is 0 Å². The zero-order valence-electron chi connectivity index (χ0n) is 18.7. The molecule has 2 aliphatic rings. The summed E-state index contributed by atoms with van der Waals surface area (Å²) in [5, 5.41) is 5.41. The fourth-order valence-electron chi connectivity index (χ4n) is 3.90. The number of morpholine rings is 1. The summed E-state index contributed by atoms with van der Waals surface area (Å²) in [6, 6.07) is 9.32. The number of nitrogens with zero attached hydrogens (tertiary/aromatic N) is 2. The van der Waals surface area contributed by atoms with Gasteiger partial charge in [-0.2, -0.15) is 0 Å². The van der Waals surface area contributed by atoms with Crippen LogP contribution in [0.2, 0.25) is 0 Å². The number of benzene rings is 2. The maximum Gasteiger partial charge on any atom is 0.322 e. The summed E-state index contributed by atoms with van der Waals surface area (Å²) in [6.07, 6.45) is 0.548. The fourth-order valence-corrected chi connectivity index (χ4v) is 3.90. The van der Waals surface area contributed by atoms with Gasteiger partial charge in [-0.05, 0) is 30.7 Å². The third kappa shape index (κ3) is 5.54. The molecule has 1 unspecified atom stereocenters. The molecule has 2 fully saturated rings. The molecule has 2 aliphatic heterocycles. The number of anilines is 2. The zero-order valence-corrected chi connectivity index (χ0v) is 18.7. The molecule has 4 rings (SSSR count). The number of carbonyl (C=O) groups is 2. The van der Waals surface area contributed by atoms with Crippen molar-refractivity contribution in [3.05, 3.63) is 54.1 Å². The molecule has 0 aliphatic carbocycles. The van der Waals surface area contributed by atoms with Crippen LogP contribution in [0.15, 0.2) is 42.5 Å². The topological polar surface area (TPSA) is 92.4 Å². The molecule has 1 spiro atoms. The lowest BCUT2D eigenvalue weighted by molar-refractivity contribution is -0.258. The molecular formula is C23H26F2N4O5. The minimum absolute atomic E-state index is 0.0610. The molecule has 2 saturated heterocycles. The third-order valence-corrected chi connectivity index (χ3v) is 5.59. The van der Waals surface area contributed by atoms with Gasteiger partial charge < -0.3 is 34.6 Å². The number of methoxy groups -OCH3 is 1. The number of urea groups is 2. The summed E-state index contributed by atoms with van der Waals surface area (Å²) in [4.78, 5) is 28.8. The van der Waals surface area contributed by atoms with Crippen molar-refractivity contribution in [2.24, 2.45) is 0 Å². The first-order valence-corrected chi connectivity index (χ1v) is 10.9. The molecule has 2 aromatic carbocycles. The molecule has 9 nitrogen and oxygen atoms in total. The summed E-state index contributed by atoms with van der Waals surface area (Å²) in [5.74, 6) is -2.64. The van der Waals surface area contributed by atoms with E-state index in [9.17, 15) is 18.4 Å². The van der Waals surface area contributed by atoms with E-state index in [0.29, 0.717) is 37.6 Å². The van der Waals surface area contributed by atoms with Crippen LogP contribution in [-0.4, -0.2) is 74.2 Å². The van der Waals surface area contributed by atoms with Crippen LogP contribution in [0.3, 0.4) is 0 Å². The van der Waals surface area contributed by atoms with Crippen molar-refractivity contribution in [2.45, 2.75) is 12.2 Å². The number of amides is 4. The molecule has 2 N–H and O–H groups in total. The first-order valence-electron chi connectivity index (χ1n) is 10.9. The van der Waals surface area contributed by atoms with Gasteiger partial charge in [-0.15, -0.1) is 0 Å². The van der Waals surface area contributed by atoms with Crippen LogP contribution < -0.4 is 15.4 Å². The van der Waals surface area contributed by atoms with Gasteiger partial charge in [-0.25, -0.2) is 18.4 Å². The summed E-state index contributed by atoms with van der Waals surface area (Å²) in [6.45, 7) is 1.45. The van der Waals surface area contributed by atoms with Crippen LogP contribution >= 0.6 is 0 Å². The largest absolute Gasteiger partial charge is 0.497 e. The first-order chi connectivity index (χ1) is 16.4. The monoisotopic (exact) mass is 476 g/mol. The standard InChI is InChI=1S/C23H26F2N4O5/c1-32-18-5-2-4-16(12-18)26-22(31)29-9-11-34-23(15-29)14-28(8-3-10-33-23)21(30)27-17-6-7-19(24)20(25)13-17/h2,4-7,12-13H,3,8-11,14-15H2,1H3,(H,26,31)(H,27,30).